The highest BCUT2D eigenvalue weighted by Crippen LogP contribution is 2.40. The smallest absolute Gasteiger partial charge is 0.211 e. The lowest BCUT2D eigenvalue weighted by atomic mass is 10.1. The molecule has 118 valence electrons. The second-order valence-corrected chi connectivity index (χ2v) is 8.32. The van der Waals surface area contributed by atoms with Crippen molar-refractivity contribution in [2.75, 3.05) is 26.4 Å². The van der Waals surface area contributed by atoms with Gasteiger partial charge in [-0.3, -0.25) is 4.90 Å². The molecule has 0 bridgehead atoms. The minimum Gasteiger partial charge on any atom is -0.361 e. The topological polar surface area (TPSA) is 66.7 Å². The van der Waals surface area contributed by atoms with Crippen LogP contribution >= 0.6 is 0 Å². The molecule has 0 spiro atoms. The molecule has 0 amide bonds. The predicted molar refractivity (Wildman–Crippen MR) is 79.4 cm³/mol. The van der Waals surface area contributed by atoms with Crippen molar-refractivity contribution in [2.24, 2.45) is 0 Å². The maximum atomic E-state index is 11.6. The summed E-state index contributed by atoms with van der Waals surface area (Å²) >= 11 is 0. The summed E-state index contributed by atoms with van der Waals surface area (Å²) in [5.74, 6) is 1.62. The van der Waals surface area contributed by atoms with Crippen LogP contribution in [0.25, 0.3) is 0 Å². The Morgan fingerprint density at radius 2 is 2.00 bits per heavy atom. The zero-order valence-corrected chi connectivity index (χ0v) is 13.5. The van der Waals surface area contributed by atoms with Crippen LogP contribution in [0.4, 0.5) is 0 Å². The van der Waals surface area contributed by atoms with Crippen LogP contribution in [0.3, 0.4) is 0 Å². The first-order chi connectivity index (χ1) is 9.93. The fourth-order valence-corrected chi connectivity index (χ4v) is 3.66. The molecule has 2 aliphatic rings. The molecule has 1 aromatic rings. The highest BCUT2D eigenvalue weighted by atomic mass is 32.2. The molecular formula is C14H23N3O3S. The Kier molecular flexibility index (Phi) is 4.07. The van der Waals surface area contributed by atoms with Gasteiger partial charge in [-0.1, -0.05) is 5.16 Å². The molecule has 21 heavy (non-hydrogen) atoms. The van der Waals surface area contributed by atoms with Gasteiger partial charge in [-0.2, -0.15) is 0 Å². The van der Waals surface area contributed by atoms with Gasteiger partial charge in [-0.25, -0.2) is 12.7 Å². The van der Waals surface area contributed by atoms with Crippen LogP contribution in [0.5, 0.6) is 0 Å². The number of hydrogen-bond donors (Lipinski definition) is 0. The molecule has 1 aliphatic carbocycles. The third kappa shape index (κ3) is 3.64. The van der Waals surface area contributed by atoms with Gasteiger partial charge in [-0.05, 0) is 25.7 Å². The van der Waals surface area contributed by atoms with Crippen LogP contribution in [0, 0.1) is 0 Å². The zero-order chi connectivity index (χ0) is 15.0. The molecule has 1 saturated heterocycles. The van der Waals surface area contributed by atoms with Crippen LogP contribution in [-0.2, 0) is 16.6 Å². The first-order valence-electron chi connectivity index (χ1n) is 7.54. The summed E-state index contributed by atoms with van der Waals surface area (Å²) in [5, 5.41) is 4.14. The lowest BCUT2D eigenvalue weighted by molar-refractivity contribution is 0.161. The van der Waals surface area contributed by atoms with Crippen LogP contribution < -0.4 is 0 Å². The van der Waals surface area contributed by atoms with Gasteiger partial charge >= 0.3 is 0 Å². The van der Waals surface area contributed by atoms with Crippen molar-refractivity contribution >= 4 is 10.0 Å². The monoisotopic (exact) mass is 313 g/mol. The molecule has 1 aliphatic heterocycles. The van der Waals surface area contributed by atoms with Gasteiger partial charge in [0.2, 0.25) is 10.0 Å². The minimum atomic E-state index is -3.09. The van der Waals surface area contributed by atoms with Crippen molar-refractivity contribution in [3.8, 4) is 0 Å². The summed E-state index contributed by atoms with van der Waals surface area (Å²) in [6.45, 7) is 2.60. The lowest BCUT2D eigenvalue weighted by Crippen LogP contribution is -2.44. The van der Waals surface area contributed by atoms with Crippen molar-refractivity contribution in [1.82, 2.24) is 14.4 Å². The summed E-state index contributed by atoms with van der Waals surface area (Å²) in [4.78, 5) is 2.32. The van der Waals surface area contributed by atoms with E-state index >= 15 is 0 Å². The van der Waals surface area contributed by atoms with Crippen molar-refractivity contribution in [3.63, 3.8) is 0 Å². The molecule has 1 aromatic heterocycles. The number of sulfonamides is 1. The van der Waals surface area contributed by atoms with Crippen molar-refractivity contribution in [3.05, 3.63) is 17.5 Å². The first-order valence-corrected chi connectivity index (χ1v) is 9.39. The quantitative estimate of drug-likeness (QED) is 0.822. The normalized spacial score (nSPS) is 22.0. The Hall–Kier alpha value is -0.920. The van der Waals surface area contributed by atoms with Crippen LogP contribution in [0.1, 0.15) is 43.1 Å². The van der Waals surface area contributed by atoms with Gasteiger partial charge in [0, 0.05) is 44.7 Å². The maximum Gasteiger partial charge on any atom is 0.211 e. The minimum absolute atomic E-state index is 0.121. The summed E-state index contributed by atoms with van der Waals surface area (Å²) in [7, 11) is -1.41. The standard InChI is InChI=1S/C14H23N3O3S/c1-16(21(2,18)19)13-5-7-17(8-6-13)10-12-9-14(20-15-12)11-3-4-11/h9,11,13H,3-8,10H2,1-2H3. The SMILES string of the molecule is CN(C1CCN(Cc2cc(C3CC3)on2)CC1)S(C)(=O)=O. The number of likely N-dealkylation sites (tertiary alicyclic amines) is 1. The average Bonchev–Trinajstić information content (AvgIpc) is 3.19. The van der Waals surface area contributed by atoms with E-state index in [1.54, 1.807) is 7.05 Å². The molecule has 0 aromatic carbocycles. The van der Waals surface area contributed by atoms with E-state index in [0.29, 0.717) is 5.92 Å². The van der Waals surface area contributed by atoms with E-state index in [-0.39, 0.29) is 6.04 Å². The third-order valence-electron chi connectivity index (χ3n) is 4.54. The van der Waals surface area contributed by atoms with E-state index in [1.165, 1.54) is 23.4 Å². The molecular weight excluding hydrogens is 290 g/mol. The van der Waals surface area contributed by atoms with E-state index in [9.17, 15) is 8.42 Å². The lowest BCUT2D eigenvalue weighted by Gasteiger charge is -2.35. The van der Waals surface area contributed by atoms with Crippen LogP contribution in [0.2, 0.25) is 0 Å². The molecule has 0 atom stereocenters. The van der Waals surface area contributed by atoms with Gasteiger partial charge in [0.1, 0.15) is 5.76 Å². The summed E-state index contributed by atoms with van der Waals surface area (Å²) in [6, 6.07) is 2.20. The molecule has 7 heteroatoms. The Bertz CT molecular complexity index is 586. The summed E-state index contributed by atoms with van der Waals surface area (Å²) in [6.07, 6.45) is 5.46. The van der Waals surface area contributed by atoms with E-state index in [2.05, 4.69) is 16.1 Å². The van der Waals surface area contributed by atoms with Gasteiger partial charge in [0.15, 0.2) is 0 Å². The largest absolute Gasteiger partial charge is 0.361 e. The maximum absolute atomic E-state index is 11.6. The van der Waals surface area contributed by atoms with Gasteiger partial charge < -0.3 is 4.52 Å². The highest BCUT2D eigenvalue weighted by molar-refractivity contribution is 7.88. The Morgan fingerprint density at radius 3 is 2.57 bits per heavy atom. The highest BCUT2D eigenvalue weighted by Gasteiger charge is 2.29. The van der Waals surface area contributed by atoms with Gasteiger partial charge in [0.25, 0.3) is 0 Å². The van der Waals surface area contributed by atoms with Crippen molar-refractivity contribution in [1.29, 1.82) is 0 Å². The van der Waals surface area contributed by atoms with Gasteiger partial charge in [-0.15, -0.1) is 0 Å². The number of rotatable bonds is 5. The summed E-state index contributed by atoms with van der Waals surface area (Å²) in [5.41, 5.74) is 0.992. The average molecular weight is 313 g/mol. The number of piperidine rings is 1. The van der Waals surface area contributed by atoms with E-state index < -0.39 is 10.0 Å². The fraction of sp³-hybridized carbons (Fsp3) is 0.786. The Balaban J connectivity index is 1.51. The van der Waals surface area contributed by atoms with Crippen molar-refractivity contribution < 1.29 is 12.9 Å². The van der Waals surface area contributed by atoms with E-state index in [1.807, 2.05) is 0 Å². The molecule has 3 rings (SSSR count). The number of aromatic nitrogens is 1. The Labute approximate surface area is 126 Å². The molecule has 6 nitrogen and oxygen atoms in total. The van der Waals surface area contributed by atoms with E-state index in [4.69, 9.17) is 4.52 Å². The second kappa shape index (κ2) is 5.70. The number of nitrogens with zero attached hydrogens (tertiary/aromatic N) is 3. The summed E-state index contributed by atoms with van der Waals surface area (Å²) < 4.78 is 30.0. The van der Waals surface area contributed by atoms with E-state index in [0.717, 1.165) is 43.9 Å². The predicted octanol–water partition coefficient (Wildman–Crippen LogP) is 1.41. The van der Waals surface area contributed by atoms with Crippen LogP contribution in [0.15, 0.2) is 10.6 Å². The fourth-order valence-electron chi connectivity index (χ4n) is 2.90. The van der Waals surface area contributed by atoms with Crippen molar-refractivity contribution in [2.45, 2.75) is 44.2 Å². The molecule has 2 fully saturated rings. The molecule has 0 unspecified atom stereocenters. The first kappa shape index (κ1) is 15.0. The third-order valence-corrected chi connectivity index (χ3v) is 5.88. The zero-order valence-electron chi connectivity index (χ0n) is 12.7. The molecule has 2 heterocycles. The van der Waals surface area contributed by atoms with Crippen LogP contribution in [-0.4, -0.2) is 55.2 Å². The van der Waals surface area contributed by atoms with Gasteiger partial charge in [0.05, 0.1) is 11.9 Å². The Morgan fingerprint density at radius 1 is 1.33 bits per heavy atom. The molecule has 1 saturated carbocycles. The molecule has 0 N–H and O–H groups in total. The molecule has 0 radical (unpaired) electrons. The number of hydrogen-bond acceptors (Lipinski definition) is 5. The second-order valence-electron chi connectivity index (χ2n) is 6.28.